The number of hydrogen-bond donors (Lipinski definition) is 1. The van der Waals surface area contributed by atoms with Gasteiger partial charge in [0.15, 0.2) is 5.11 Å². The van der Waals surface area contributed by atoms with Crippen LogP contribution >= 0.6 is 12.2 Å². The largest absolute Gasteiger partial charge is 0.416 e. The molecule has 2 bridgehead atoms. The molecule has 0 amide bonds. The molecule has 2 atom stereocenters. The van der Waals surface area contributed by atoms with Gasteiger partial charge < -0.3 is 10.2 Å². The van der Waals surface area contributed by atoms with Gasteiger partial charge in [0.1, 0.15) is 0 Å². The molecule has 1 heterocycles. The van der Waals surface area contributed by atoms with Gasteiger partial charge in [-0.15, -0.1) is 0 Å². The van der Waals surface area contributed by atoms with E-state index < -0.39 is 11.7 Å². The fraction of sp³-hybridized carbons (Fsp3) is 0.611. The Bertz CT molecular complexity index is 656. The number of anilines is 1. The molecule has 1 aromatic carbocycles. The zero-order valence-corrected chi connectivity index (χ0v) is 15.0. The van der Waals surface area contributed by atoms with Crippen molar-refractivity contribution < 1.29 is 13.2 Å². The summed E-state index contributed by atoms with van der Waals surface area (Å²) in [5, 5.41) is 3.54. The molecular formula is C18H23F3N2S. The number of nitrogens with one attached hydrogen (secondary N) is 1. The second-order valence-electron chi connectivity index (χ2n) is 8.35. The van der Waals surface area contributed by atoms with E-state index in [4.69, 9.17) is 12.2 Å². The number of alkyl halides is 3. The van der Waals surface area contributed by atoms with Gasteiger partial charge in [-0.25, -0.2) is 0 Å². The van der Waals surface area contributed by atoms with Crippen LogP contribution < -0.4 is 5.32 Å². The van der Waals surface area contributed by atoms with E-state index in [2.05, 4.69) is 31.0 Å². The molecule has 0 radical (unpaired) electrons. The number of thiocarbonyl (C=S) groups is 1. The number of likely N-dealkylation sites (tertiary alicyclic amines) is 1. The van der Waals surface area contributed by atoms with Gasteiger partial charge in [0, 0.05) is 18.3 Å². The van der Waals surface area contributed by atoms with Crippen LogP contribution in [-0.2, 0) is 6.18 Å². The van der Waals surface area contributed by atoms with Crippen molar-refractivity contribution in [3.63, 3.8) is 0 Å². The van der Waals surface area contributed by atoms with E-state index >= 15 is 0 Å². The molecular weight excluding hydrogens is 333 g/mol. The van der Waals surface area contributed by atoms with E-state index in [0.717, 1.165) is 37.9 Å². The standard InChI is InChI=1S/C18H23F3N2S/c1-16(2)8-14-9-17(3,10-16)11-23(14)15(24)22-13-6-4-5-12(7-13)18(19,20)21/h4-7,14H,8-11H2,1-3H3,(H,22,24)/t14-,17-/m1/s1. The molecule has 1 aromatic rings. The van der Waals surface area contributed by atoms with Crippen LogP contribution in [0.25, 0.3) is 0 Å². The Morgan fingerprint density at radius 3 is 2.62 bits per heavy atom. The third kappa shape index (κ3) is 3.53. The maximum atomic E-state index is 12.8. The summed E-state index contributed by atoms with van der Waals surface area (Å²) in [6.07, 6.45) is -1.03. The monoisotopic (exact) mass is 356 g/mol. The molecule has 1 aliphatic heterocycles. The van der Waals surface area contributed by atoms with Crippen LogP contribution in [0, 0.1) is 10.8 Å². The predicted octanol–water partition coefficient (Wildman–Crippen LogP) is 5.30. The van der Waals surface area contributed by atoms with Gasteiger partial charge in [-0.3, -0.25) is 0 Å². The molecule has 0 spiro atoms. The smallest absolute Gasteiger partial charge is 0.345 e. The fourth-order valence-corrected chi connectivity index (χ4v) is 5.00. The van der Waals surface area contributed by atoms with E-state index in [0.29, 0.717) is 16.8 Å². The number of nitrogens with zero attached hydrogens (tertiary/aromatic N) is 1. The highest BCUT2D eigenvalue weighted by atomic mass is 32.1. The number of rotatable bonds is 1. The normalized spacial score (nSPS) is 28.8. The van der Waals surface area contributed by atoms with Crippen molar-refractivity contribution in [2.24, 2.45) is 10.8 Å². The van der Waals surface area contributed by atoms with Crippen LogP contribution in [0.2, 0.25) is 0 Å². The van der Waals surface area contributed by atoms with Crippen molar-refractivity contribution >= 4 is 23.0 Å². The minimum absolute atomic E-state index is 0.228. The summed E-state index contributed by atoms with van der Waals surface area (Å²) in [7, 11) is 0. The van der Waals surface area contributed by atoms with Crippen molar-refractivity contribution in [3.8, 4) is 0 Å². The lowest BCUT2D eigenvalue weighted by Crippen LogP contribution is -2.40. The topological polar surface area (TPSA) is 15.3 Å². The van der Waals surface area contributed by atoms with Crippen LogP contribution in [0.5, 0.6) is 0 Å². The zero-order chi connectivity index (χ0) is 17.8. The van der Waals surface area contributed by atoms with Gasteiger partial charge in [0.25, 0.3) is 0 Å². The van der Waals surface area contributed by atoms with Crippen molar-refractivity contribution in [1.29, 1.82) is 0 Å². The molecule has 2 nitrogen and oxygen atoms in total. The summed E-state index contributed by atoms with van der Waals surface area (Å²) in [6, 6.07) is 5.57. The highest BCUT2D eigenvalue weighted by Gasteiger charge is 2.50. The second kappa shape index (κ2) is 5.61. The first kappa shape index (κ1) is 17.5. The SMILES string of the molecule is CC1(C)C[C@@H]2C[C@@](C)(CN2C(=S)Nc2cccc(C(F)(F)F)c2)C1. The Morgan fingerprint density at radius 1 is 1.25 bits per heavy atom. The van der Waals surface area contributed by atoms with E-state index in [1.54, 1.807) is 6.07 Å². The third-order valence-electron chi connectivity index (χ3n) is 5.12. The average Bonchev–Trinajstić information content (AvgIpc) is 2.67. The minimum atomic E-state index is -4.35. The van der Waals surface area contributed by atoms with Crippen LogP contribution in [0.15, 0.2) is 24.3 Å². The highest BCUT2D eigenvalue weighted by molar-refractivity contribution is 7.80. The summed E-state index contributed by atoms with van der Waals surface area (Å²) >= 11 is 5.51. The summed E-state index contributed by atoms with van der Waals surface area (Å²) < 4.78 is 38.5. The van der Waals surface area contributed by atoms with Crippen LogP contribution in [-0.4, -0.2) is 22.6 Å². The predicted molar refractivity (Wildman–Crippen MR) is 93.9 cm³/mol. The van der Waals surface area contributed by atoms with Gasteiger partial charge >= 0.3 is 6.18 Å². The fourth-order valence-electron chi connectivity index (χ4n) is 4.67. The molecule has 1 saturated carbocycles. The average molecular weight is 356 g/mol. The van der Waals surface area contributed by atoms with Gasteiger partial charge in [-0.05, 0) is 60.5 Å². The van der Waals surface area contributed by atoms with Gasteiger partial charge in [-0.2, -0.15) is 13.2 Å². The van der Waals surface area contributed by atoms with Crippen LogP contribution in [0.3, 0.4) is 0 Å². The lowest BCUT2D eigenvalue weighted by molar-refractivity contribution is -0.137. The molecule has 3 rings (SSSR count). The van der Waals surface area contributed by atoms with E-state index in [9.17, 15) is 13.2 Å². The summed E-state index contributed by atoms with van der Waals surface area (Å²) in [5.41, 5.74) is 0.230. The molecule has 0 aromatic heterocycles. The zero-order valence-electron chi connectivity index (χ0n) is 14.2. The first-order chi connectivity index (χ1) is 11.0. The van der Waals surface area contributed by atoms with Crippen molar-refractivity contribution in [1.82, 2.24) is 4.90 Å². The van der Waals surface area contributed by atoms with Gasteiger partial charge in [-0.1, -0.05) is 26.8 Å². The van der Waals surface area contributed by atoms with Crippen LogP contribution in [0.1, 0.15) is 45.6 Å². The molecule has 6 heteroatoms. The lowest BCUT2D eigenvalue weighted by Gasteiger charge is -2.39. The Morgan fingerprint density at radius 2 is 1.96 bits per heavy atom. The van der Waals surface area contributed by atoms with Gasteiger partial charge in [0.05, 0.1) is 5.56 Å². The maximum Gasteiger partial charge on any atom is 0.416 e. The van der Waals surface area contributed by atoms with Crippen molar-refractivity contribution in [2.45, 2.75) is 52.3 Å². The van der Waals surface area contributed by atoms with Crippen molar-refractivity contribution in [3.05, 3.63) is 29.8 Å². The molecule has 1 N–H and O–H groups in total. The molecule has 132 valence electrons. The third-order valence-corrected chi connectivity index (χ3v) is 5.45. The number of fused-ring (bicyclic) bond motifs is 2. The van der Waals surface area contributed by atoms with Crippen molar-refractivity contribution in [2.75, 3.05) is 11.9 Å². The van der Waals surface area contributed by atoms with Gasteiger partial charge in [0.2, 0.25) is 0 Å². The molecule has 0 unspecified atom stereocenters. The summed E-state index contributed by atoms with van der Waals surface area (Å²) in [4.78, 5) is 2.17. The first-order valence-electron chi connectivity index (χ1n) is 8.22. The minimum Gasteiger partial charge on any atom is -0.345 e. The number of benzene rings is 1. The second-order valence-corrected chi connectivity index (χ2v) is 8.74. The molecule has 24 heavy (non-hydrogen) atoms. The number of hydrogen-bond acceptors (Lipinski definition) is 1. The Labute approximate surface area is 146 Å². The quantitative estimate of drug-likeness (QED) is 0.687. The summed E-state index contributed by atoms with van der Waals surface area (Å²) in [6.45, 7) is 7.72. The molecule has 2 aliphatic rings. The highest BCUT2D eigenvalue weighted by Crippen LogP contribution is 2.52. The Kier molecular flexibility index (Phi) is 4.10. The molecule has 1 aliphatic carbocycles. The van der Waals surface area contributed by atoms with E-state index in [-0.39, 0.29) is 10.8 Å². The maximum absolute atomic E-state index is 12.8. The van der Waals surface area contributed by atoms with Crippen LogP contribution in [0.4, 0.5) is 18.9 Å². The van der Waals surface area contributed by atoms with E-state index in [1.807, 2.05) is 0 Å². The van der Waals surface area contributed by atoms with E-state index in [1.165, 1.54) is 6.07 Å². The Hall–Kier alpha value is -1.30. The number of halogens is 3. The first-order valence-corrected chi connectivity index (χ1v) is 8.63. The molecule has 1 saturated heterocycles. The summed E-state index contributed by atoms with van der Waals surface area (Å²) in [5.74, 6) is 0. The molecule has 2 fully saturated rings. The lowest BCUT2D eigenvalue weighted by atomic mass is 9.65. The Balaban J connectivity index is 1.75.